The summed E-state index contributed by atoms with van der Waals surface area (Å²) in [6, 6.07) is 7.39. The topological polar surface area (TPSA) is 75.5 Å². The second kappa shape index (κ2) is 8.98. The maximum absolute atomic E-state index is 12.0. The van der Waals surface area contributed by atoms with Crippen molar-refractivity contribution >= 4 is 17.4 Å². The molecule has 0 radical (unpaired) electrons. The van der Waals surface area contributed by atoms with Crippen molar-refractivity contribution in [1.29, 1.82) is 0 Å². The molecule has 6 nitrogen and oxygen atoms in total. The Morgan fingerprint density at radius 1 is 1.19 bits per heavy atom. The highest BCUT2D eigenvalue weighted by molar-refractivity contribution is 6.10. The van der Waals surface area contributed by atoms with Gasteiger partial charge in [0.2, 0.25) is 5.91 Å². The second-order valence-corrected chi connectivity index (χ2v) is 6.34. The van der Waals surface area contributed by atoms with E-state index in [1.807, 2.05) is 12.3 Å². The highest BCUT2D eigenvalue weighted by atomic mass is 16.2. The molecule has 0 bridgehead atoms. The zero-order chi connectivity index (χ0) is 19.1. The quantitative estimate of drug-likeness (QED) is 0.619. The summed E-state index contributed by atoms with van der Waals surface area (Å²) in [4.78, 5) is 37.6. The largest absolute Gasteiger partial charge is 0.319 e. The van der Waals surface area contributed by atoms with Crippen LogP contribution in [0.15, 0.2) is 66.8 Å². The van der Waals surface area contributed by atoms with Gasteiger partial charge < -0.3 is 4.90 Å². The molecule has 4 rings (SSSR count). The maximum Gasteiger partial charge on any atom is 0.237 e. The van der Waals surface area contributed by atoms with Crippen LogP contribution in [0, 0.1) is 5.92 Å². The van der Waals surface area contributed by atoms with Gasteiger partial charge in [0.25, 0.3) is 0 Å². The highest BCUT2D eigenvalue weighted by Crippen LogP contribution is 2.22. The molecule has 1 fully saturated rings. The van der Waals surface area contributed by atoms with Crippen LogP contribution in [0.4, 0.5) is 0 Å². The monoisotopic (exact) mass is 362 g/mol. The third kappa shape index (κ3) is 4.53. The minimum absolute atomic E-state index is 0.151. The number of rotatable bonds is 4. The molecule has 1 saturated heterocycles. The molecule has 27 heavy (non-hydrogen) atoms. The number of amides is 1. The number of pyridine rings is 2. The van der Waals surface area contributed by atoms with Crippen LogP contribution in [-0.4, -0.2) is 45.4 Å². The average Bonchev–Trinajstić information content (AvgIpc) is 3.39. The number of hydrogen-bond donors (Lipinski definition) is 0. The van der Waals surface area contributed by atoms with Crippen molar-refractivity contribution in [3.8, 4) is 0 Å². The van der Waals surface area contributed by atoms with E-state index in [0.29, 0.717) is 18.5 Å². The van der Waals surface area contributed by atoms with E-state index in [1.165, 1.54) is 35.0 Å². The normalized spacial score (nSPS) is 18.5. The van der Waals surface area contributed by atoms with E-state index in [2.05, 4.69) is 27.6 Å². The van der Waals surface area contributed by atoms with Gasteiger partial charge in [-0.2, -0.15) is 0 Å². The average molecular weight is 362 g/mol. The van der Waals surface area contributed by atoms with Crippen LogP contribution in [0.1, 0.15) is 35.2 Å². The van der Waals surface area contributed by atoms with Gasteiger partial charge in [-0.05, 0) is 43.7 Å². The fourth-order valence-electron chi connectivity index (χ4n) is 3.14. The fourth-order valence-corrected chi connectivity index (χ4v) is 3.14. The summed E-state index contributed by atoms with van der Waals surface area (Å²) in [5.74, 6) is -0.881. The molecule has 6 heteroatoms. The first kappa shape index (κ1) is 18.6. The number of carbonyl (C=O) groups is 2. The van der Waals surface area contributed by atoms with Crippen molar-refractivity contribution in [1.82, 2.24) is 14.9 Å². The van der Waals surface area contributed by atoms with E-state index in [-0.39, 0.29) is 11.7 Å². The molecular formula is C21H22N4O2. The van der Waals surface area contributed by atoms with Crippen LogP contribution in [0.2, 0.25) is 0 Å². The van der Waals surface area contributed by atoms with Gasteiger partial charge in [-0.3, -0.25) is 24.5 Å². The van der Waals surface area contributed by atoms with Crippen LogP contribution >= 0.6 is 0 Å². The van der Waals surface area contributed by atoms with E-state index in [9.17, 15) is 9.59 Å². The van der Waals surface area contributed by atoms with Crippen LogP contribution in [-0.2, 0) is 4.79 Å². The van der Waals surface area contributed by atoms with E-state index in [4.69, 9.17) is 0 Å². The van der Waals surface area contributed by atoms with Gasteiger partial charge in [-0.15, -0.1) is 0 Å². The number of nitrogens with zero attached hydrogens (tertiary/aromatic N) is 4. The van der Waals surface area contributed by atoms with Crippen molar-refractivity contribution in [3.05, 3.63) is 73.0 Å². The summed E-state index contributed by atoms with van der Waals surface area (Å²) in [6.07, 6.45) is 11.1. The van der Waals surface area contributed by atoms with Crippen LogP contribution in [0.25, 0.3) is 0 Å². The van der Waals surface area contributed by atoms with Crippen molar-refractivity contribution < 1.29 is 9.59 Å². The predicted octanol–water partition coefficient (Wildman–Crippen LogP) is 2.92. The lowest BCUT2D eigenvalue weighted by Gasteiger charge is -2.09. The number of carbonyl (C=O) groups excluding carboxylic acids is 2. The van der Waals surface area contributed by atoms with Crippen LogP contribution in [0.5, 0.6) is 0 Å². The second-order valence-electron chi connectivity index (χ2n) is 6.34. The Morgan fingerprint density at radius 3 is 2.52 bits per heavy atom. The summed E-state index contributed by atoms with van der Waals surface area (Å²) in [5, 5.41) is 0. The molecule has 1 unspecified atom stereocenters. The Balaban J connectivity index is 0.000000166. The molecule has 0 saturated carbocycles. The molecule has 0 aromatic carbocycles. The molecule has 2 aliphatic rings. The number of likely N-dealkylation sites (tertiary alicyclic amines) is 1. The summed E-state index contributed by atoms with van der Waals surface area (Å²) in [6.45, 7) is 5.10. The Hall–Kier alpha value is -3.15. The minimum atomic E-state index is -0.567. The summed E-state index contributed by atoms with van der Waals surface area (Å²) < 4.78 is 0. The SMILES string of the molecule is C=CN1CCC(C(=O)c2cccnc2)C1=O.c1cncc(C2=NCCC2)c1. The van der Waals surface area contributed by atoms with Crippen molar-refractivity contribution in [2.75, 3.05) is 13.1 Å². The van der Waals surface area contributed by atoms with Crippen molar-refractivity contribution in [2.24, 2.45) is 10.9 Å². The van der Waals surface area contributed by atoms with Gasteiger partial charge in [-0.1, -0.05) is 12.6 Å². The Morgan fingerprint density at radius 2 is 1.96 bits per heavy atom. The number of aliphatic imine (C=N–C) groups is 1. The molecule has 2 aliphatic heterocycles. The van der Waals surface area contributed by atoms with Gasteiger partial charge in [0, 0.05) is 54.7 Å². The van der Waals surface area contributed by atoms with E-state index in [0.717, 1.165) is 13.0 Å². The van der Waals surface area contributed by atoms with Crippen molar-refractivity contribution in [2.45, 2.75) is 19.3 Å². The highest BCUT2D eigenvalue weighted by Gasteiger charge is 2.36. The summed E-state index contributed by atoms with van der Waals surface area (Å²) >= 11 is 0. The Bertz CT molecular complexity index is 834. The number of Topliss-reactive ketones (excluding diaryl/α,β-unsaturated/α-hetero) is 1. The molecule has 0 aliphatic carbocycles. The molecule has 0 N–H and O–H groups in total. The van der Waals surface area contributed by atoms with E-state index < -0.39 is 5.92 Å². The van der Waals surface area contributed by atoms with Crippen molar-refractivity contribution in [3.63, 3.8) is 0 Å². The Labute approximate surface area is 158 Å². The molecule has 1 amide bonds. The molecule has 138 valence electrons. The van der Waals surface area contributed by atoms with Gasteiger partial charge >= 0.3 is 0 Å². The maximum atomic E-state index is 12.0. The smallest absolute Gasteiger partial charge is 0.237 e. The van der Waals surface area contributed by atoms with Crippen LogP contribution < -0.4 is 0 Å². The number of hydrogen-bond acceptors (Lipinski definition) is 5. The lowest BCUT2D eigenvalue weighted by molar-refractivity contribution is -0.127. The molecule has 1 atom stereocenters. The first-order chi connectivity index (χ1) is 13.2. The molecule has 4 heterocycles. The molecular weight excluding hydrogens is 340 g/mol. The van der Waals surface area contributed by atoms with Gasteiger partial charge in [0.1, 0.15) is 5.92 Å². The zero-order valence-electron chi connectivity index (χ0n) is 15.1. The van der Waals surface area contributed by atoms with Gasteiger partial charge in [0.05, 0.1) is 0 Å². The lowest BCUT2D eigenvalue weighted by atomic mass is 9.97. The van der Waals surface area contributed by atoms with Gasteiger partial charge in [0.15, 0.2) is 5.78 Å². The number of aromatic nitrogens is 2. The number of ketones is 1. The minimum Gasteiger partial charge on any atom is -0.319 e. The standard InChI is InChI=1S/C12H12N2O2.C9H10N2/c1-2-14-7-5-10(12(14)16)11(15)9-4-3-6-13-8-9;1-3-8(7-10-5-1)9-4-2-6-11-9/h2-4,6,8,10H,1,5,7H2;1,3,5,7H,2,4,6H2. The third-order valence-corrected chi connectivity index (χ3v) is 4.59. The summed E-state index contributed by atoms with van der Waals surface area (Å²) in [5.41, 5.74) is 2.90. The van der Waals surface area contributed by atoms with E-state index >= 15 is 0 Å². The lowest BCUT2D eigenvalue weighted by Crippen LogP contribution is -2.26. The summed E-state index contributed by atoms with van der Waals surface area (Å²) in [7, 11) is 0. The zero-order valence-corrected chi connectivity index (χ0v) is 15.1. The first-order valence-electron chi connectivity index (χ1n) is 9.01. The van der Waals surface area contributed by atoms with E-state index in [1.54, 1.807) is 24.5 Å². The third-order valence-electron chi connectivity index (χ3n) is 4.59. The molecule has 0 spiro atoms. The predicted molar refractivity (Wildman–Crippen MR) is 103 cm³/mol. The fraction of sp³-hybridized carbons (Fsp3) is 0.286. The first-order valence-corrected chi connectivity index (χ1v) is 9.01. The molecule has 2 aromatic heterocycles. The molecule has 2 aromatic rings. The Kier molecular flexibility index (Phi) is 6.20. The van der Waals surface area contributed by atoms with Crippen LogP contribution in [0.3, 0.4) is 0 Å². The van der Waals surface area contributed by atoms with Gasteiger partial charge in [-0.25, -0.2) is 0 Å².